The molecular weight excluding hydrogens is 292 g/mol. The molecule has 6 heteroatoms. The van der Waals surface area contributed by atoms with Gasteiger partial charge < -0.3 is 15.2 Å². The van der Waals surface area contributed by atoms with E-state index in [0.29, 0.717) is 23.3 Å². The third kappa shape index (κ3) is 4.36. The van der Waals surface area contributed by atoms with E-state index in [0.717, 1.165) is 5.56 Å². The molecule has 2 aromatic rings. The van der Waals surface area contributed by atoms with Gasteiger partial charge in [0.05, 0.1) is 0 Å². The second-order valence-electron chi connectivity index (χ2n) is 4.38. The van der Waals surface area contributed by atoms with Crippen LogP contribution < -0.4 is 15.2 Å². The zero-order valence-corrected chi connectivity index (χ0v) is 12.2. The Hall–Kier alpha value is -2.27. The second-order valence-corrected chi connectivity index (χ2v) is 4.73. The van der Waals surface area contributed by atoms with Crippen LogP contribution >= 0.6 is 11.6 Å². The number of benzene rings is 1. The predicted molar refractivity (Wildman–Crippen MR) is 79.3 cm³/mol. The number of rotatable bonds is 6. The first kappa shape index (κ1) is 15.1. The van der Waals surface area contributed by atoms with Crippen molar-refractivity contribution in [3.05, 3.63) is 53.3 Å². The molecule has 5 nitrogen and oxygen atoms in total. The highest BCUT2D eigenvalue weighted by Gasteiger charge is 2.10. The van der Waals surface area contributed by atoms with E-state index in [-0.39, 0.29) is 0 Å². The van der Waals surface area contributed by atoms with Gasteiger partial charge in [-0.1, -0.05) is 17.7 Å². The number of carbonyl (C=O) groups is 1. The SMILES string of the molecule is CC(Oc1ccc(OCc2cccnc2Cl)cc1)C(N)=O. The largest absolute Gasteiger partial charge is 0.489 e. The summed E-state index contributed by atoms with van der Waals surface area (Å²) in [6, 6.07) is 10.5. The van der Waals surface area contributed by atoms with Gasteiger partial charge in [-0.05, 0) is 37.3 Å². The van der Waals surface area contributed by atoms with Gasteiger partial charge in [0.25, 0.3) is 5.91 Å². The molecule has 0 bridgehead atoms. The number of hydrogen-bond donors (Lipinski definition) is 1. The number of nitrogens with zero attached hydrogens (tertiary/aromatic N) is 1. The summed E-state index contributed by atoms with van der Waals surface area (Å²) >= 11 is 5.95. The van der Waals surface area contributed by atoms with Crippen molar-refractivity contribution in [2.45, 2.75) is 19.6 Å². The van der Waals surface area contributed by atoms with Crippen molar-refractivity contribution in [1.82, 2.24) is 4.98 Å². The highest BCUT2D eigenvalue weighted by atomic mass is 35.5. The first-order chi connectivity index (χ1) is 10.1. The standard InChI is InChI=1S/C15H15ClN2O3/c1-10(15(17)19)21-13-6-4-12(5-7-13)20-9-11-3-2-8-18-14(11)16/h2-8,10H,9H2,1H3,(H2,17,19). The average molecular weight is 307 g/mol. The van der Waals surface area contributed by atoms with Crippen molar-refractivity contribution >= 4 is 17.5 Å². The van der Waals surface area contributed by atoms with Gasteiger partial charge in [0.15, 0.2) is 6.10 Å². The van der Waals surface area contributed by atoms with E-state index < -0.39 is 12.0 Å². The number of primary amides is 1. The van der Waals surface area contributed by atoms with Gasteiger partial charge in [-0.25, -0.2) is 4.98 Å². The van der Waals surface area contributed by atoms with Crippen LogP contribution in [-0.4, -0.2) is 17.0 Å². The van der Waals surface area contributed by atoms with Gasteiger partial charge in [-0.3, -0.25) is 4.79 Å². The lowest BCUT2D eigenvalue weighted by Crippen LogP contribution is -2.30. The van der Waals surface area contributed by atoms with E-state index in [1.807, 2.05) is 6.07 Å². The van der Waals surface area contributed by atoms with Crippen LogP contribution in [0.15, 0.2) is 42.6 Å². The molecule has 0 radical (unpaired) electrons. The molecule has 0 aliphatic rings. The lowest BCUT2D eigenvalue weighted by molar-refractivity contribution is -0.123. The number of pyridine rings is 1. The summed E-state index contributed by atoms with van der Waals surface area (Å²) in [5, 5.41) is 0.424. The predicted octanol–water partition coefficient (Wildman–Crippen LogP) is 2.57. The Labute approximate surface area is 127 Å². The number of aromatic nitrogens is 1. The van der Waals surface area contributed by atoms with E-state index in [4.69, 9.17) is 26.8 Å². The molecule has 1 aromatic carbocycles. The van der Waals surface area contributed by atoms with Crippen LogP contribution in [0.4, 0.5) is 0 Å². The van der Waals surface area contributed by atoms with Gasteiger partial charge in [0, 0.05) is 11.8 Å². The molecule has 1 heterocycles. The van der Waals surface area contributed by atoms with E-state index in [9.17, 15) is 4.79 Å². The minimum absolute atomic E-state index is 0.324. The van der Waals surface area contributed by atoms with Crippen molar-refractivity contribution in [3.63, 3.8) is 0 Å². The summed E-state index contributed by atoms with van der Waals surface area (Å²) in [6.07, 6.45) is 0.948. The van der Waals surface area contributed by atoms with Crippen molar-refractivity contribution in [1.29, 1.82) is 0 Å². The molecule has 0 spiro atoms. The molecule has 1 unspecified atom stereocenters. The summed E-state index contributed by atoms with van der Waals surface area (Å²) in [4.78, 5) is 14.9. The highest BCUT2D eigenvalue weighted by Crippen LogP contribution is 2.20. The highest BCUT2D eigenvalue weighted by molar-refractivity contribution is 6.30. The van der Waals surface area contributed by atoms with Crippen LogP contribution in [0.25, 0.3) is 0 Å². The Morgan fingerprint density at radius 2 is 1.95 bits per heavy atom. The fraction of sp³-hybridized carbons (Fsp3) is 0.200. The van der Waals surface area contributed by atoms with E-state index in [2.05, 4.69) is 4.98 Å². The molecule has 110 valence electrons. The molecule has 0 saturated carbocycles. The molecule has 1 amide bonds. The van der Waals surface area contributed by atoms with E-state index in [1.54, 1.807) is 43.5 Å². The van der Waals surface area contributed by atoms with Crippen molar-refractivity contribution in [2.24, 2.45) is 5.73 Å². The summed E-state index contributed by atoms with van der Waals surface area (Å²) in [5.74, 6) is 0.698. The molecule has 0 aliphatic heterocycles. The first-order valence-electron chi connectivity index (χ1n) is 6.34. The lowest BCUT2D eigenvalue weighted by Gasteiger charge is -2.12. The average Bonchev–Trinajstić information content (AvgIpc) is 2.48. The Kier molecular flexibility index (Phi) is 5.00. The third-order valence-electron chi connectivity index (χ3n) is 2.77. The molecule has 2 N–H and O–H groups in total. The number of amides is 1. The van der Waals surface area contributed by atoms with Crippen LogP contribution in [0.3, 0.4) is 0 Å². The van der Waals surface area contributed by atoms with Crippen LogP contribution in [-0.2, 0) is 11.4 Å². The summed E-state index contributed by atoms with van der Waals surface area (Å²) in [5.41, 5.74) is 5.94. The second kappa shape index (κ2) is 6.95. The lowest BCUT2D eigenvalue weighted by atomic mass is 10.3. The van der Waals surface area contributed by atoms with Gasteiger partial charge in [0.2, 0.25) is 0 Å². The monoisotopic (exact) mass is 306 g/mol. The van der Waals surface area contributed by atoms with Gasteiger partial charge in [-0.15, -0.1) is 0 Å². The number of nitrogens with two attached hydrogens (primary N) is 1. The minimum Gasteiger partial charge on any atom is -0.489 e. The van der Waals surface area contributed by atoms with Crippen molar-refractivity contribution in [2.75, 3.05) is 0 Å². The minimum atomic E-state index is -0.675. The van der Waals surface area contributed by atoms with Gasteiger partial charge in [0.1, 0.15) is 23.3 Å². The number of hydrogen-bond acceptors (Lipinski definition) is 4. The summed E-state index contributed by atoms with van der Waals surface area (Å²) in [7, 11) is 0. The van der Waals surface area contributed by atoms with Crippen LogP contribution in [0.2, 0.25) is 5.15 Å². The quantitative estimate of drug-likeness (QED) is 0.832. The molecule has 1 aromatic heterocycles. The maximum absolute atomic E-state index is 10.9. The number of carbonyl (C=O) groups excluding carboxylic acids is 1. The Balaban J connectivity index is 1.94. The molecule has 1 atom stereocenters. The molecule has 0 saturated heterocycles. The summed E-state index contributed by atoms with van der Waals surface area (Å²) < 4.78 is 11.0. The van der Waals surface area contributed by atoms with E-state index in [1.165, 1.54) is 0 Å². The topological polar surface area (TPSA) is 74.4 Å². The van der Waals surface area contributed by atoms with Crippen molar-refractivity contribution < 1.29 is 14.3 Å². The molecule has 2 rings (SSSR count). The zero-order valence-electron chi connectivity index (χ0n) is 11.5. The first-order valence-corrected chi connectivity index (χ1v) is 6.72. The molecule has 0 fully saturated rings. The Morgan fingerprint density at radius 1 is 1.29 bits per heavy atom. The van der Waals surface area contributed by atoms with Crippen LogP contribution in [0, 0.1) is 0 Å². The normalized spacial score (nSPS) is 11.7. The molecule has 0 aliphatic carbocycles. The number of halogens is 1. The third-order valence-corrected chi connectivity index (χ3v) is 3.11. The van der Waals surface area contributed by atoms with Crippen molar-refractivity contribution in [3.8, 4) is 11.5 Å². The van der Waals surface area contributed by atoms with Gasteiger partial charge in [-0.2, -0.15) is 0 Å². The Morgan fingerprint density at radius 3 is 2.57 bits per heavy atom. The smallest absolute Gasteiger partial charge is 0.258 e. The fourth-order valence-electron chi connectivity index (χ4n) is 1.56. The maximum Gasteiger partial charge on any atom is 0.258 e. The summed E-state index contributed by atoms with van der Waals surface area (Å²) in [6.45, 7) is 1.92. The number of ether oxygens (including phenoxy) is 2. The molecular formula is C15H15ClN2O3. The maximum atomic E-state index is 10.9. The van der Waals surface area contributed by atoms with E-state index >= 15 is 0 Å². The fourth-order valence-corrected chi connectivity index (χ4v) is 1.74. The zero-order chi connectivity index (χ0) is 15.2. The van der Waals surface area contributed by atoms with Crippen LogP contribution in [0.5, 0.6) is 11.5 Å². The molecule has 21 heavy (non-hydrogen) atoms. The van der Waals surface area contributed by atoms with Gasteiger partial charge >= 0.3 is 0 Å². The Bertz CT molecular complexity index is 617. The van der Waals surface area contributed by atoms with Crippen LogP contribution in [0.1, 0.15) is 12.5 Å².